The number of carbonyl (C=O) groups is 1. The monoisotopic (exact) mass is 289 g/mol. The standard InChI is InChI=1S/C13H11N3O3S/c1-9-3-2-4-10(7-9)16-11-5-6-14-8-12(11)20(18,19)15-13(16)17/h2-8H,1H3,(H,15,17). The summed E-state index contributed by atoms with van der Waals surface area (Å²) < 4.78 is 25.9. The number of carbonyl (C=O) groups excluding carboxylic acids is 1. The molecule has 0 unspecified atom stereocenters. The number of anilines is 2. The molecule has 1 aliphatic rings. The Balaban J connectivity index is 2.24. The van der Waals surface area contributed by atoms with E-state index in [0.717, 1.165) is 5.56 Å². The lowest BCUT2D eigenvalue weighted by Crippen LogP contribution is -2.45. The molecule has 6 nitrogen and oxygen atoms in total. The van der Waals surface area contributed by atoms with Crippen LogP contribution in [0.15, 0.2) is 47.6 Å². The first kappa shape index (κ1) is 12.6. The molecule has 0 aliphatic carbocycles. The van der Waals surface area contributed by atoms with Crippen LogP contribution in [-0.2, 0) is 10.0 Å². The Morgan fingerprint density at radius 1 is 1.25 bits per heavy atom. The fraction of sp³-hybridized carbons (Fsp3) is 0.0769. The predicted molar refractivity (Wildman–Crippen MR) is 73.3 cm³/mol. The van der Waals surface area contributed by atoms with Gasteiger partial charge in [-0.25, -0.2) is 17.9 Å². The van der Waals surface area contributed by atoms with Crippen LogP contribution in [0.3, 0.4) is 0 Å². The van der Waals surface area contributed by atoms with Gasteiger partial charge in [-0.3, -0.25) is 9.88 Å². The minimum atomic E-state index is -3.85. The molecule has 3 rings (SSSR count). The third kappa shape index (κ3) is 1.92. The van der Waals surface area contributed by atoms with Crippen molar-refractivity contribution in [2.24, 2.45) is 0 Å². The number of amides is 2. The highest BCUT2D eigenvalue weighted by Gasteiger charge is 2.34. The molecule has 1 aromatic heterocycles. The number of sulfonamides is 1. The Morgan fingerprint density at radius 2 is 2.05 bits per heavy atom. The number of rotatable bonds is 1. The van der Waals surface area contributed by atoms with Crippen molar-refractivity contribution in [1.29, 1.82) is 0 Å². The van der Waals surface area contributed by atoms with Crippen LogP contribution in [0.1, 0.15) is 5.56 Å². The maximum Gasteiger partial charge on any atom is 0.340 e. The van der Waals surface area contributed by atoms with Crippen LogP contribution in [0.4, 0.5) is 16.2 Å². The molecule has 2 amide bonds. The average molecular weight is 289 g/mol. The first-order chi connectivity index (χ1) is 9.49. The molecule has 1 aliphatic heterocycles. The zero-order chi connectivity index (χ0) is 14.3. The summed E-state index contributed by atoms with van der Waals surface area (Å²) in [5.41, 5.74) is 1.87. The number of fused-ring (bicyclic) bond motifs is 1. The van der Waals surface area contributed by atoms with Gasteiger partial charge in [-0.2, -0.15) is 0 Å². The SMILES string of the molecule is Cc1cccc(N2C(=O)NS(=O)(=O)c3cnccc32)c1. The lowest BCUT2D eigenvalue weighted by Gasteiger charge is -2.29. The van der Waals surface area contributed by atoms with Gasteiger partial charge in [0.2, 0.25) is 0 Å². The smallest absolute Gasteiger partial charge is 0.263 e. The van der Waals surface area contributed by atoms with Gasteiger partial charge in [0.05, 0.1) is 11.4 Å². The van der Waals surface area contributed by atoms with E-state index in [9.17, 15) is 13.2 Å². The van der Waals surface area contributed by atoms with Crippen LogP contribution in [0.2, 0.25) is 0 Å². The molecule has 0 saturated carbocycles. The van der Waals surface area contributed by atoms with Crippen LogP contribution in [0.25, 0.3) is 0 Å². The van der Waals surface area contributed by atoms with Gasteiger partial charge in [-0.05, 0) is 30.7 Å². The fourth-order valence-corrected chi connectivity index (χ4v) is 3.18. The molecule has 0 bridgehead atoms. The van der Waals surface area contributed by atoms with E-state index in [1.165, 1.54) is 23.4 Å². The minimum absolute atomic E-state index is 0.0129. The molecule has 1 aromatic carbocycles. The normalized spacial score (nSPS) is 16.4. The number of benzene rings is 1. The molecule has 1 N–H and O–H groups in total. The van der Waals surface area contributed by atoms with Crippen LogP contribution in [0.5, 0.6) is 0 Å². The van der Waals surface area contributed by atoms with E-state index < -0.39 is 16.1 Å². The summed E-state index contributed by atoms with van der Waals surface area (Å²) >= 11 is 0. The molecule has 7 heteroatoms. The maximum atomic E-state index is 12.1. The van der Waals surface area contributed by atoms with Gasteiger partial charge in [0.15, 0.2) is 0 Å². The van der Waals surface area contributed by atoms with E-state index in [-0.39, 0.29) is 4.90 Å². The molecular weight excluding hydrogens is 278 g/mol. The number of hydrogen-bond acceptors (Lipinski definition) is 4. The summed E-state index contributed by atoms with van der Waals surface area (Å²) in [6.07, 6.45) is 2.68. The summed E-state index contributed by atoms with van der Waals surface area (Å²) in [5, 5.41) is 0. The summed E-state index contributed by atoms with van der Waals surface area (Å²) in [4.78, 5) is 17.2. The molecule has 2 aromatic rings. The Labute approximate surface area is 116 Å². The number of urea groups is 1. The van der Waals surface area contributed by atoms with Crippen molar-refractivity contribution >= 4 is 27.4 Å². The van der Waals surface area contributed by atoms with Crippen molar-refractivity contribution in [3.63, 3.8) is 0 Å². The minimum Gasteiger partial charge on any atom is -0.263 e. The first-order valence-electron chi connectivity index (χ1n) is 5.86. The highest BCUT2D eigenvalue weighted by molar-refractivity contribution is 7.90. The molecule has 0 fully saturated rings. The van der Waals surface area contributed by atoms with Crippen molar-refractivity contribution in [3.8, 4) is 0 Å². The summed E-state index contributed by atoms with van der Waals surface area (Å²) in [6.45, 7) is 1.90. The largest absolute Gasteiger partial charge is 0.340 e. The Bertz CT molecular complexity index is 802. The molecule has 102 valence electrons. The number of pyridine rings is 1. The molecule has 0 radical (unpaired) electrons. The van der Waals surface area contributed by atoms with Gasteiger partial charge in [0, 0.05) is 12.4 Å². The van der Waals surface area contributed by atoms with Crippen molar-refractivity contribution < 1.29 is 13.2 Å². The molecule has 0 spiro atoms. The Kier molecular flexibility index (Phi) is 2.72. The lowest BCUT2D eigenvalue weighted by atomic mass is 10.2. The van der Waals surface area contributed by atoms with E-state index >= 15 is 0 Å². The second-order valence-corrected chi connectivity index (χ2v) is 6.08. The number of aromatic nitrogens is 1. The van der Waals surface area contributed by atoms with Gasteiger partial charge in [0.1, 0.15) is 4.90 Å². The summed E-state index contributed by atoms with van der Waals surface area (Å²) in [7, 11) is -3.85. The molecule has 0 atom stereocenters. The van der Waals surface area contributed by atoms with Crippen molar-refractivity contribution in [2.45, 2.75) is 11.8 Å². The van der Waals surface area contributed by atoms with Crippen LogP contribution >= 0.6 is 0 Å². The molecular formula is C13H11N3O3S. The Morgan fingerprint density at radius 3 is 2.80 bits per heavy atom. The van der Waals surface area contributed by atoms with Gasteiger partial charge < -0.3 is 0 Å². The fourth-order valence-electron chi connectivity index (χ4n) is 2.11. The topological polar surface area (TPSA) is 79.4 Å². The summed E-state index contributed by atoms with van der Waals surface area (Å²) in [5.74, 6) is 0. The quantitative estimate of drug-likeness (QED) is 0.870. The predicted octanol–water partition coefficient (Wildman–Crippen LogP) is 1.94. The highest BCUT2D eigenvalue weighted by atomic mass is 32.2. The molecule has 2 heterocycles. The second-order valence-electron chi connectivity index (χ2n) is 4.43. The van der Waals surface area contributed by atoms with E-state index in [0.29, 0.717) is 11.4 Å². The van der Waals surface area contributed by atoms with Crippen LogP contribution in [0, 0.1) is 6.92 Å². The second kappa shape index (κ2) is 4.31. The van der Waals surface area contributed by atoms with Crippen molar-refractivity contribution in [2.75, 3.05) is 4.90 Å². The first-order valence-corrected chi connectivity index (χ1v) is 7.35. The molecule has 0 saturated heterocycles. The zero-order valence-electron chi connectivity index (χ0n) is 10.6. The van der Waals surface area contributed by atoms with Gasteiger partial charge in [-0.15, -0.1) is 0 Å². The number of nitrogens with one attached hydrogen (secondary N) is 1. The third-order valence-electron chi connectivity index (χ3n) is 2.98. The van der Waals surface area contributed by atoms with Crippen molar-refractivity contribution in [3.05, 3.63) is 48.3 Å². The third-order valence-corrected chi connectivity index (χ3v) is 4.31. The van der Waals surface area contributed by atoms with Crippen LogP contribution < -0.4 is 9.62 Å². The van der Waals surface area contributed by atoms with E-state index in [2.05, 4.69) is 4.98 Å². The summed E-state index contributed by atoms with van der Waals surface area (Å²) in [6, 6.07) is 8.07. The van der Waals surface area contributed by atoms with Gasteiger partial charge in [0.25, 0.3) is 10.0 Å². The van der Waals surface area contributed by atoms with Crippen LogP contribution in [-0.4, -0.2) is 19.4 Å². The lowest BCUT2D eigenvalue weighted by molar-refractivity contribution is 0.252. The van der Waals surface area contributed by atoms with Crippen molar-refractivity contribution in [1.82, 2.24) is 9.71 Å². The zero-order valence-corrected chi connectivity index (χ0v) is 11.4. The Hall–Kier alpha value is -2.41. The molecule has 20 heavy (non-hydrogen) atoms. The number of hydrogen-bond donors (Lipinski definition) is 1. The van der Waals surface area contributed by atoms with Gasteiger partial charge in [-0.1, -0.05) is 12.1 Å². The van der Waals surface area contributed by atoms with E-state index in [1.54, 1.807) is 6.07 Å². The van der Waals surface area contributed by atoms with Gasteiger partial charge >= 0.3 is 6.03 Å². The average Bonchev–Trinajstić information content (AvgIpc) is 2.38. The van der Waals surface area contributed by atoms with E-state index in [1.807, 2.05) is 29.8 Å². The van der Waals surface area contributed by atoms with E-state index in [4.69, 9.17) is 0 Å². The maximum absolute atomic E-state index is 12.1. The highest BCUT2D eigenvalue weighted by Crippen LogP contribution is 2.34. The number of aryl methyl sites for hydroxylation is 1. The number of nitrogens with zero attached hydrogens (tertiary/aromatic N) is 2.